The molecule has 0 saturated carbocycles. The van der Waals surface area contributed by atoms with Gasteiger partial charge in [0, 0.05) is 70.0 Å². The quantitative estimate of drug-likeness (QED) is 0.776. The van der Waals surface area contributed by atoms with Gasteiger partial charge < -0.3 is 24.9 Å². The molecule has 2 aliphatic heterocycles. The molecule has 0 atom stereocenters. The fourth-order valence-electron chi connectivity index (χ4n) is 4.30. The first kappa shape index (κ1) is 22.2. The lowest BCUT2D eigenvalue weighted by molar-refractivity contribution is 0.192. The Morgan fingerprint density at radius 2 is 1.75 bits per heavy atom. The number of hydrogen-bond acceptors (Lipinski definition) is 6. The molecule has 172 valence electrons. The van der Waals surface area contributed by atoms with Crippen LogP contribution in [0.4, 0.5) is 22.2 Å². The molecule has 0 bridgehead atoms. The maximum absolute atomic E-state index is 12.4. The van der Waals surface area contributed by atoms with E-state index in [1.807, 2.05) is 11.8 Å². The van der Waals surface area contributed by atoms with Gasteiger partial charge in [-0.05, 0) is 32.9 Å². The van der Waals surface area contributed by atoms with Crippen molar-refractivity contribution in [2.75, 3.05) is 61.0 Å². The molecule has 0 spiro atoms. The van der Waals surface area contributed by atoms with Crippen LogP contribution >= 0.6 is 0 Å². The predicted octanol–water partition coefficient (Wildman–Crippen LogP) is 2.74. The van der Waals surface area contributed by atoms with Gasteiger partial charge in [0.05, 0.1) is 12.2 Å². The zero-order valence-corrected chi connectivity index (χ0v) is 19.7. The van der Waals surface area contributed by atoms with Gasteiger partial charge in [-0.15, -0.1) is 0 Å². The fourth-order valence-corrected chi connectivity index (χ4v) is 4.30. The van der Waals surface area contributed by atoms with E-state index in [-0.39, 0.29) is 6.03 Å². The van der Waals surface area contributed by atoms with Gasteiger partial charge in [0.1, 0.15) is 5.82 Å². The minimum Gasteiger partial charge on any atom is -0.368 e. The molecule has 2 aliphatic rings. The summed E-state index contributed by atoms with van der Waals surface area (Å²) in [6.07, 6.45) is 0.755. The number of piperazine rings is 1. The van der Waals surface area contributed by atoms with Crippen LogP contribution in [0.15, 0.2) is 30.3 Å². The van der Waals surface area contributed by atoms with E-state index in [1.54, 1.807) is 0 Å². The molecular formula is C24H35N7O. The first-order valence-electron chi connectivity index (χ1n) is 11.7. The van der Waals surface area contributed by atoms with Crippen LogP contribution in [-0.4, -0.2) is 73.3 Å². The summed E-state index contributed by atoms with van der Waals surface area (Å²) in [4.78, 5) is 31.2. The van der Waals surface area contributed by atoms with Gasteiger partial charge >= 0.3 is 6.03 Å². The van der Waals surface area contributed by atoms with Gasteiger partial charge in [-0.25, -0.2) is 9.78 Å². The highest BCUT2D eigenvalue weighted by atomic mass is 16.2. The highest BCUT2D eigenvalue weighted by Gasteiger charge is 2.29. The third kappa shape index (κ3) is 4.59. The van der Waals surface area contributed by atoms with E-state index < -0.39 is 0 Å². The highest BCUT2D eigenvalue weighted by Crippen LogP contribution is 2.30. The number of nitrogens with zero attached hydrogens (tertiary/aromatic N) is 6. The van der Waals surface area contributed by atoms with Crippen LogP contribution in [-0.2, 0) is 13.0 Å². The van der Waals surface area contributed by atoms with E-state index in [9.17, 15) is 4.79 Å². The van der Waals surface area contributed by atoms with E-state index in [4.69, 9.17) is 9.97 Å². The molecule has 2 aromatic rings. The second-order valence-electron chi connectivity index (χ2n) is 8.79. The van der Waals surface area contributed by atoms with Crippen molar-refractivity contribution < 1.29 is 4.79 Å². The number of urea groups is 1. The molecule has 1 aromatic heterocycles. The van der Waals surface area contributed by atoms with Crippen molar-refractivity contribution in [3.05, 3.63) is 41.6 Å². The number of hydrogen-bond donors (Lipinski definition) is 1. The molecule has 32 heavy (non-hydrogen) atoms. The molecule has 1 aromatic carbocycles. The number of rotatable bonds is 5. The van der Waals surface area contributed by atoms with Crippen LogP contribution in [0.25, 0.3) is 0 Å². The summed E-state index contributed by atoms with van der Waals surface area (Å²) in [5.41, 5.74) is 3.41. The van der Waals surface area contributed by atoms with Crippen LogP contribution in [0.2, 0.25) is 0 Å². The zero-order valence-electron chi connectivity index (χ0n) is 19.7. The van der Waals surface area contributed by atoms with E-state index in [1.165, 1.54) is 5.69 Å². The van der Waals surface area contributed by atoms with Crippen molar-refractivity contribution >= 4 is 23.5 Å². The molecule has 3 heterocycles. The normalized spacial score (nSPS) is 16.2. The summed E-state index contributed by atoms with van der Waals surface area (Å²) in [5, 5.41) is 2.92. The number of anilines is 3. The number of carbonyl (C=O) groups excluding carboxylic acids is 1. The third-order valence-corrected chi connectivity index (χ3v) is 6.43. The summed E-state index contributed by atoms with van der Waals surface area (Å²) in [5.74, 6) is 1.75. The van der Waals surface area contributed by atoms with Crippen LogP contribution < -0.4 is 20.0 Å². The largest absolute Gasteiger partial charge is 0.368 e. The maximum Gasteiger partial charge on any atom is 0.317 e. The lowest BCUT2D eigenvalue weighted by Crippen LogP contribution is -2.48. The molecule has 4 rings (SSSR count). The van der Waals surface area contributed by atoms with Crippen molar-refractivity contribution in [2.45, 2.75) is 39.8 Å². The van der Waals surface area contributed by atoms with Crippen molar-refractivity contribution in [1.29, 1.82) is 0 Å². The van der Waals surface area contributed by atoms with Crippen molar-refractivity contribution in [1.82, 2.24) is 20.2 Å². The number of fused-ring (bicyclic) bond motifs is 1. The number of nitrogens with one attached hydrogen (secondary N) is 1. The van der Waals surface area contributed by atoms with Gasteiger partial charge in [0.25, 0.3) is 0 Å². The first-order chi connectivity index (χ1) is 15.5. The average molecular weight is 438 g/mol. The number of amides is 2. The Kier molecular flexibility index (Phi) is 6.67. The number of benzene rings is 1. The summed E-state index contributed by atoms with van der Waals surface area (Å²) in [7, 11) is 2.08. The highest BCUT2D eigenvalue weighted by molar-refractivity contribution is 5.75. The second-order valence-corrected chi connectivity index (χ2v) is 8.79. The molecule has 1 fully saturated rings. The van der Waals surface area contributed by atoms with Gasteiger partial charge in [-0.3, -0.25) is 0 Å². The Hall–Kier alpha value is -3.03. The summed E-state index contributed by atoms with van der Waals surface area (Å²) >= 11 is 0. The van der Waals surface area contributed by atoms with Gasteiger partial charge in [0.15, 0.2) is 0 Å². The number of para-hydroxylation sites is 1. The summed E-state index contributed by atoms with van der Waals surface area (Å²) in [6.45, 7) is 11.8. The molecule has 1 N–H and O–H groups in total. The van der Waals surface area contributed by atoms with Crippen LogP contribution in [0.1, 0.15) is 32.0 Å². The van der Waals surface area contributed by atoms with Crippen LogP contribution in [0.5, 0.6) is 0 Å². The summed E-state index contributed by atoms with van der Waals surface area (Å²) < 4.78 is 0. The molecule has 0 aliphatic carbocycles. The third-order valence-electron chi connectivity index (χ3n) is 6.43. The molecular weight excluding hydrogens is 402 g/mol. The summed E-state index contributed by atoms with van der Waals surface area (Å²) in [6, 6.07) is 10.9. The zero-order chi connectivity index (χ0) is 22.7. The molecule has 2 amide bonds. The Morgan fingerprint density at radius 3 is 2.41 bits per heavy atom. The second kappa shape index (κ2) is 9.63. The lowest BCUT2D eigenvalue weighted by atomic mass is 10.1. The molecule has 0 radical (unpaired) electrons. The molecule has 8 nitrogen and oxygen atoms in total. The average Bonchev–Trinajstić information content (AvgIpc) is 2.83. The number of carbonyl (C=O) groups is 1. The first-order valence-corrected chi connectivity index (χ1v) is 11.7. The van der Waals surface area contributed by atoms with Gasteiger partial charge in [-0.1, -0.05) is 18.2 Å². The standard InChI is InChI=1S/C24H35N7O/c1-5-25-24(32)31-12-11-21-20(17-31)22(28(4)18(2)3)27-23(26-21)30-15-13-29(14-16-30)19-9-7-6-8-10-19/h6-10,18H,5,11-17H2,1-4H3,(H,25,32). The maximum atomic E-state index is 12.4. The number of aromatic nitrogens is 2. The van der Waals surface area contributed by atoms with Crippen molar-refractivity contribution in [3.8, 4) is 0 Å². The topological polar surface area (TPSA) is 67.8 Å². The minimum absolute atomic E-state index is 0.0163. The Labute approximate surface area is 191 Å². The molecule has 1 saturated heterocycles. The van der Waals surface area contributed by atoms with Crippen molar-refractivity contribution in [2.24, 2.45) is 0 Å². The Morgan fingerprint density at radius 1 is 1.06 bits per heavy atom. The fraction of sp³-hybridized carbons (Fsp3) is 0.542. The smallest absolute Gasteiger partial charge is 0.317 e. The van der Waals surface area contributed by atoms with E-state index >= 15 is 0 Å². The van der Waals surface area contributed by atoms with Gasteiger partial charge in [0.2, 0.25) is 5.95 Å². The Bertz CT molecular complexity index is 925. The van der Waals surface area contributed by atoms with Crippen molar-refractivity contribution in [3.63, 3.8) is 0 Å². The molecule has 8 heteroatoms. The van der Waals surface area contributed by atoms with E-state index in [0.29, 0.717) is 25.7 Å². The monoisotopic (exact) mass is 437 g/mol. The van der Waals surface area contributed by atoms with Gasteiger partial charge in [-0.2, -0.15) is 4.98 Å². The SMILES string of the molecule is CCNC(=O)N1CCc2nc(N3CCN(c4ccccc4)CC3)nc(N(C)C(C)C)c2C1. The van der Waals surface area contributed by atoms with Crippen LogP contribution in [0, 0.1) is 0 Å². The predicted molar refractivity (Wildman–Crippen MR) is 130 cm³/mol. The van der Waals surface area contributed by atoms with E-state index in [0.717, 1.165) is 55.6 Å². The molecule has 0 unspecified atom stereocenters. The Balaban J connectivity index is 1.57. The van der Waals surface area contributed by atoms with Crippen LogP contribution in [0.3, 0.4) is 0 Å². The lowest BCUT2D eigenvalue weighted by Gasteiger charge is -2.38. The minimum atomic E-state index is -0.0163. The van der Waals surface area contributed by atoms with E-state index in [2.05, 4.69) is 71.2 Å².